The molecule has 0 aliphatic carbocycles. The Labute approximate surface area is 514 Å². The van der Waals surface area contributed by atoms with Crippen LogP contribution in [0.1, 0.15) is 412 Å². The number of nitrogens with zero attached hydrogens (tertiary/aromatic N) is 1. The monoisotopic (exact) mass is 1180 g/mol. The fourth-order valence-electron chi connectivity index (χ4n) is 12.0. The van der Waals surface area contributed by atoms with Crippen molar-refractivity contribution in [3.63, 3.8) is 0 Å². The third kappa shape index (κ3) is 67.0. The summed E-state index contributed by atoms with van der Waals surface area (Å²) in [5, 5.41) is 14.1. The van der Waals surface area contributed by atoms with Gasteiger partial charge >= 0.3 is 0 Å². The van der Waals surface area contributed by atoms with Crippen molar-refractivity contribution >= 4 is 13.7 Å². The van der Waals surface area contributed by atoms with Crippen molar-refractivity contribution in [2.75, 3.05) is 40.9 Å². The Morgan fingerprint density at radius 3 is 0.829 bits per heavy atom. The molecule has 0 bridgehead atoms. The van der Waals surface area contributed by atoms with Crippen molar-refractivity contribution in [3.8, 4) is 0 Å². The van der Waals surface area contributed by atoms with Crippen molar-refractivity contribution in [3.05, 3.63) is 0 Å². The second-order valence-corrected chi connectivity index (χ2v) is 28.8. The summed E-state index contributed by atoms with van der Waals surface area (Å²) in [4.78, 5) is 25.7. The summed E-state index contributed by atoms with van der Waals surface area (Å²) in [6, 6.07) is -0.796. The molecule has 492 valence electrons. The largest absolute Gasteiger partial charge is 0.756 e. The van der Waals surface area contributed by atoms with Crippen molar-refractivity contribution in [1.82, 2.24) is 5.32 Å². The molecule has 0 aromatic rings. The number of phosphoric acid groups is 1. The molecule has 0 aliphatic rings. The number of unbranched alkanes of at least 4 members (excludes halogenated alkanes) is 58. The number of quaternary nitrogens is 1. The molecule has 3 unspecified atom stereocenters. The van der Waals surface area contributed by atoms with Crippen LogP contribution >= 0.6 is 7.82 Å². The highest BCUT2D eigenvalue weighted by atomic mass is 31.2. The van der Waals surface area contributed by atoms with Gasteiger partial charge in [0.05, 0.1) is 39.9 Å². The lowest BCUT2D eigenvalue weighted by Crippen LogP contribution is -2.46. The molecular formula is C73H149N2O6P. The SMILES string of the molecule is CCCCCCCCCCCCCCCCCCCCCCCCCCCCCCCCCCCCCCCCCCCC(=O)NC(COP(=O)([O-])OCC[N+](C)(C)C)C(O)CCCCCCCCCCCCCCCCCCCCC. The predicted octanol–water partition coefficient (Wildman–Crippen LogP) is 23.3. The predicted molar refractivity (Wildman–Crippen MR) is 358 cm³/mol. The van der Waals surface area contributed by atoms with E-state index in [0.717, 1.165) is 38.5 Å². The number of rotatable bonds is 71. The number of carbonyl (C=O) groups excluding carboxylic acids is 1. The lowest BCUT2D eigenvalue weighted by molar-refractivity contribution is -0.870. The van der Waals surface area contributed by atoms with Crippen LogP contribution in [0.15, 0.2) is 0 Å². The van der Waals surface area contributed by atoms with Crippen LogP contribution in [0, 0.1) is 0 Å². The minimum Gasteiger partial charge on any atom is -0.756 e. The van der Waals surface area contributed by atoms with E-state index in [1.807, 2.05) is 21.1 Å². The van der Waals surface area contributed by atoms with E-state index in [1.54, 1.807) is 0 Å². The number of phosphoric ester groups is 1. The van der Waals surface area contributed by atoms with Crippen molar-refractivity contribution < 1.29 is 32.9 Å². The maximum Gasteiger partial charge on any atom is 0.268 e. The molecule has 1 amide bonds. The van der Waals surface area contributed by atoms with Gasteiger partial charge in [0.1, 0.15) is 13.2 Å². The van der Waals surface area contributed by atoms with Gasteiger partial charge in [-0.2, -0.15) is 0 Å². The molecule has 82 heavy (non-hydrogen) atoms. The number of hydrogen-bond acceptors (Lipinski definition) is 6. The summed E-state index contributed by atoms with van der Waals surface area (Å²) in [5.41, 5.74) is 0. The first kappa shape index (κ1) is 81.5. The first-order chi connectivity index (χ1) is 40.0. The van der Waals surface area contributed by atoms with Gasteiger partial charge in [-0.3, -0.25) is 9.36 Å². The van der Waals surface area contributed by atoms with Gasteiger partial charge in [0, 0.05) is 6.42 Å². The molecule has 0 aromatic carbocycles. The van der Waals surface area contributed by atoms with E-state index >= 15 is 0 Å². The minimum absolute atomic E-state index is 0.0169. The Bertz CT molecular complexity index is 1300. The molecule has 9 heteroatoms. The van der Waals surface area contributed by atoms with Crippen LogP contribution < -0.4 is 10.2 Å². The molecule has 0 fully saturated rings. The molecule has 0 heterocycles. The van der Waals surface area contributed by atoms with E-state index in [2.05, 4.69) is 19.2 Å². The highest BCUT2D eigenvalue weighted by Crippen LogP contribution is 2.38. The lowest BCUT2D eigenvalue weighted by Gasteiger charge is -2.30. The topological polar surface area (TPSA) is 108 Å². The number of likely N-dealkylation sites (N-methyl/N-ethyl adjacent to an activating group) is 1. The van der Waals surface area contributed by atoms with Crippen LogP contribution in [0.3, 0.4) is 0 Å². The zero-order valence-electron chi connectivity index (χ0n) is 56.5. The van der Waals surface area contributed by atoms with Gasteiger partial charge in [0.25, 0.3) is 7.82 Å². The number of carbonyl (C=O) groups is 1. The Hall–Kier alpha value is -0.500. The normalized spacial score (nSPS) is 13.5. The Kier molecular flexibility index (Phi) is 64.6. The molecule has 0 radical (unpaired) electrons. The van der Waals surface area contributed by atoms with Crippen LogP contribution in [0.25, 0.3) is 0 Å². The second kappa shape index (κ2) is 65.0. The highest BCUT2D eigenvalue weighted by molar-refractivity contribution is 7.45. The molecular weight excluding hydrogens is 1030 g/mol. The van der Waals surface area contributed by atoms with E-state index < -0.39 is 20.0 Å². The third-order valence-corrected chi connectivity index (χ3v) is 18.8. The number of aliphatic hydroxyl groups excluding tert-OH is 1. The molecule has 2 N–H and O–H groups in total. The van der Waals surface area contributed by atoms with Crippen LogP contribution in [-0.4, -0.2) is 68.5 Å². The number of nitrogens with one attached hydrogen (secondary N) is 1. The summed E-state index contributed by atoms with van der Waals surface area (Å²) in [7, 11) is 1.33. The molecule has 0 aliphatic heterocycles. The van der Waals surface area contributed by atoms with Gasteiger partial charge < -0.3 is 28.8 Å². The molecule has 0 saturated heterocycles. The number of hydrogen-bond donors (Lipinski definition) is 2. The van der Waals surface area contributed by atoms with Crippen LogP contribution in [0.4, 0.5) is 0 Å². The quantitative estimate of drug-likeness (QED) is 0.0357. The maximum atomic E-state index is 13.1. The van der Waals surface area contributed by atoms with E-state index in [0.29, 0.717) is 23.9 Å². The first-order valence-electron chi connectivity index (χ1n) is 37.4. The summed E-state index contributed by atoms with van der Waals surface area (Å²) >= 11 is 0. The molecule has 8 nitrogen and oxygen atoms in total. The van der Waals surface area contributed by atoms with Crippen molar-refractivity contribution in [1.29, 1.82) is 0 Å². The zero-order chi connectivity index (χ0) is 59.8. The van der Waals surface area contributed by atoms with Crippen LogP contribution in [0.5, 0.6) is 0 Å². The Morgan fingerprint density at radius 2 is 0.598 bits per heavy atom. The van der Waals surface area contributed by atoms with Crippen LogP contribution in [0.2, 0.25) is 0 Å². The third-order valence-electron chi connectivity index (χ3n) is 17.8. The lowest BCUT2D eigenvalue weighted by atomic mass is 10.0. The smallest absolute Gasteiger partial charge is 0.268 e. The Morgan fingerprint density at radius 1 is 0.378 bits per heavy atom. The van der Waals surface area contributed by atoms with Gasteiger partial charge in [-0.25, -0.2) is 0 Å². The summed E-state index contributed by atoms with van der Waals surface area (Å²) in [5.74, 6) is -0.153. The van der Waals surface area contributed by atoms with Gasteiger partial charge in [-0.05, 0) is 12.8 Å². The van der Waals surface area contributed by atoms with E-state index in [-0.39, 0.29) is 19.1 Å². The van der Waals surface area contributed by atoms with E-state index in [4.69, 9.17) is 9.05 Å². The van der Waals surface area contributed by atoms with Gasteiger partial charge in [0.2, 0.25) is 5.91 Å². The van der Waals surface area contributed by atoms with E-state index in [1.165, 1.54) is 347 Å². The summed E-state index contributed by atoms with van der Waals surface area (Å²) in [6.07, 6.45) is 82.2. The van der Waals surface area contributed by atoms with Crippen molar-refractivity contribution in [2.45, 2.75) is 424 Å². The van der Waals surface area contributed by atoms with Crippen molar-refractivity contribution in [2.24, 2.45) is 0 Å². The van der Waals surface area contributed by atoms with Crippen LogP contribution in [-0.2, 0) is 18.4 Å². The summed E-state index contributed by atoms with van der Waals surface area (Å²) < 4.78 is 23.5. The second-order valence-electron chi connectivity index (χ2n) is 27.4. The molecule has 0 spiro atoms. The molecule has 0 aromatic heterocycles. The van der Waals surface area contributed by atoms with Gasteiger partial charge in [-0.1, -0.05) is 393 Å². The zero-order valence-corrected chi connectivity index (χ0v) is 57.4. The highest BCUT2D eigenvalue weighted by Gasteiger charge is 2.24. The standard InChI is InChI=1S/C73H149N2O6P/c1-6-8-10-12-14-16-18-20-22-24-26-27-28-29-30-31-32-33-34-35-36-37-38-39-40-41-42-43-44-45-46-47-49-51-53-55-57-59-61-63-65-67-73(77)74-71(70-81-82(78,79)80-69-68-75(3,4)5)72(76)66-64-62-60-58-56-54-52-50-48-25-23-21-19-17-15-13-11-9-7-2/h71-72,76H,6-70H2,1-5H3,(H-,74,77,78,79). The fourth-order valence-corrected chi connectivity index (χ4v) is 12.8. The summed E-state index contributed by atoms with van der Waals surface area (Å²) in [6.45, 7) is 4.80. The number of amides is 1. The Balaban J connectivity index is 3.82. The van der Waals surface area contributed by atoms with E-state index in [9.17, 15) is 19.4 Å². The van der Waals surface area contributed by atoms with Gasteiger partial charge in [-0.15, -0.1) is 0 Å². The minimum atomic E-state index is -4.57. The first-order valence-corrected chi connectivity index (χ1v) is 38.8. The molecule has 0 saturated carbocycles. The average Bonchev–Trinajstić information content (AvgIpc) is 3.47. The average molecular weight is 1180 g/mol. The fraction of sp³-hybridized carbons (Fsp3) is 0.986. The molecule has 3 atom stereocenters. The van der Waals surface area contributed by atoms with Gasteiger partial charge in [0.15, 0.2) is 0 Å². The molecule has 0 rings (SSSR count). The maximum absolute atomic E-state index is 13.1. The number of aliphatic hydroxyl groups is 1.